The Bertz CT molecular complexity index is 993. The van der Waals surface area contributed by atoms with Gasteiger partial charge in [-0.25, -0.2) is 14.4 Å². The van der Waals surface area contributed by atoms with Gasteiger partial charge in [0.1, 0.15) is 23.2 Å². The molecule has 2 aliphatic rings. The highest BCUT2D eigenvalue weighted by atomic mass is 19.1. The molecule has 0 atom stereocenters. The number of nitrogens with zero attached hydrogens (tertiary/aromatic N) is 5. The number of hydrogen-bond acceptors (Lipinski definition) is 6. The Morgan fingerprint density at radius 1 is 1.11 bits per heavy atom. The smallest absolute Gasteiger partial charge is 0.170 e. The van der Waals surface area contributed by atoms with Crippen molar-refractivity contribution in [2.24, 2.45) is 0 Å². The average molecular weight is 367 g/mol. The van der Waals surface area contributed by atoms with Crippen molar-refractivity contribution in [3.05, 3.63) is 46.8 Å². The highest BCUT2D eigenvalue weighted by Crippen LogP contribution is 2.29. The first-order valence-corrected chi connectivity index (χ1v) is 9.55. The maximum absolute atomic E-state index is 13.3. The van der Waals surface area contributed by atoms with Gasteiger partial charge in [-0.1, -0.05) is 5.16 Å². The van der Waals surface area contributed by atoms with Crippen molar-refractivity contribution >= 4 is 16.8 Å². The van der Waals surface area contributed by atoms with E-state index in [1.807, 2.05) is 6.92 Å². The van der Waals surface area contributed by atoms with E-state index in [2.05, 4.69) is 19.9 Å². The zero-order valence-electron chi connectivity index (χ0n) is 15.4. The number of fused-ring (bicyclic) bond motifs is 2. The van der Waals surface area contributed by atoms with Crippen LogP contribution in [0.15, 0.2) is 22.7 Å². The standard InChI is InChI=1S/C20H22FN5O/c1-13-22-17-4-2-3-16(17)20(23-13)26-9-7-25(8-10-26)12-18-15-6-5-14(21)11-19(15)27-24-18/h5-6,11H,2-4,7-10,12H2,1H3. The van der Waals surface area contributed by atoms with E-state index in [9.17, 15) is 4.39 Å². The number of piperazine rings is 1. The number of halogens is 1. The number of aromatic nitrogens is 3. The quantitative estimate of drug-likeness (QED) is 0.710. The van der Waals surface area contributed by atoms with Crippen LogP contribution in [0, 0.1) is 12.7 Å². The largest absolute Gasteiger partial charge is 0.356 e. The van der Waals surface area contributed by atoms with Gasteiger partial charge in [0.05, 0.1) is 0 Å². The minimum absolute atomic E-state index is 0.300. The van der Waals surface area contributed by atoms with Crippen LogP contribution in [0.4, 0.5) is 10.2 Å². The molecule has 0 saturated carbocycles. The van der Waals surface area contributed by atoms with Crippen LogP contribution in [0.5, 0.6) is 0 Å². The molecular weight excluding hydrogens is 345 g/mol. The molecular formula is C20H22FN5O. The van der Waals surface area contributed by atoms with Crippen LogP contribution in [0.25, 0.3) is 11.0 Å². The topological polar surface area (TPSA) is 58.3 Å². The van der Waals surface area contributed by atoms with Gasteiger partial charge in [0.25, 0.3) is 0 Å². The molecule has 27 heavy (non-hydrogen) atoms. The lowest BCUT2D eigenvalue weighted by atomic mass is 10.2. The lowest BCUT2D eigenvalue weighted by Gasteiger charge is -2.36. The van der Waals surface area contributed by atoms with E-state index < -0.39 is 0 Å². The molecule has 1 aliphatic heterocycles. The summed E-state index contributed by atoms with van der Waals surface area (Å²) in [6.07, 6.45) is 3.35. The number of aryl methyl sites for hydroxylation is 2. The van der Waals surface area contributed by atoms with Crippen molar-refractivity contribution in [3.63, 3.8) is 0 Å². The van der Waals surface area contributed by atoms with Crippen LogP contribution in [0.1, 0.15) is 29.2 Å². The fourth-order valence-electron chi connectivity index (χ4n) is 4.20. The van der Waals surface area contributed by atoms with Crippen molar-refractivity contribution in [1.29, 1.82) is 0 Å². The zero-order valence-corrected chi connectivity index (χ0v) is 15.4. The van der Waals surface area contributed by atoms with Gasteiger partial charge in [0.15, 0.2) is 5.58 Å². The third-order valence-corrected chi connectivity index (χ3v) is 5.58. The van der Waals surface area contributed by atoms with Crippen molar-refractivity contribution in [2.45, 2.75) is 32.7 Å². The van der Waals surface area contributed by atoms with Crippen LogP contribution in [0.2, 0.25) is 0 Å². The van der Waals surface area contributed by atoms with Crippen molar-refractivity contribution < 1.29 is 8.91 Å². The monoisotopic (exact) mass is 367 g/mol. The summed E-state index contributed by atoms with van der Waals surface area (Å²) in [6.45, 7) is 6.45. The maximum Gasteiger partial charge on any atom is 0.170 e. The van der Waals surface area contributed by atoms with Gasteiger partial charge in [-0.15, -0.1) is 0 Å². The lowest BCUT2D eigenvalue weighted by molar-refractivity contribution is 0.242. The highest BCUT2D eigenvalue weighted by molar-refractivity contribution is 5.79. The molecule has 0 N–H and O–H groups in total. The molecule has 0 bridgehead atoms. The summed E-state index contributed by atoms with van der Waals surface area (Å²) in [5.41, 5.74) is 3.97. The van der Waals surface area contributed by atoms with Gasteiger partial charge in [0.2, 0.25) is 0 Å². The first-order chi connectivity index (χ1) is 13.2. The van der Waals surface area contributed by atoms with E-state index >= 15 is 0 Å². The normalized spacial score (nSPS) is 17.6. The molecule has 2 aromatic heterocycles. The molecule has 1 aromatic carbocycles. The van der Waals surface area contributed by atoms with Crippen LogP contribution in [-0.4, -0.2) is 46.2 Å². The second-order valence-corrected chi connectivity index (χ2v) is 7.41. The van der Waals surface area contributed by atoms with Crippen LogP contribution >= 0.6 is 0 Å². The Kier molecular flexibility index (Phi) is 4.04. The summed E-state index contributed by atoms with van der Waals surface area (Å²) >= 11 is 0. The SMILES string of the molecule is Cc1nc2c(c(N3CCN(Cc4noc5cc(F)ccc45)CC3)n1)CCC2. The number of rotatable bonds is 3. The molecule has 1 saturated heterocycles. The lowest BCUT2D eigenvalue weighted by Crippen LogP contribution is -2.46. The zero-order chi connectivity index (χ0) is 18.4. The van der Waals surface area contributed by atoms with E-state index in [1.165, 1.54) is 29.8 Å². The van der Waals surface area contributed by atoms with Gasteiger partial charge < -0.3 is 9.42 Å². The Hall–Kier alpha value is -2.54. The first-order valence-electron chi connectivity index (χ1n) is 9.55. The van der Waals surface area contributed by atoms with Gasteiger partial charge in [-0.05, 0) is 38.3 Å². The van der Waals surface area contributed by atoms with E-state index in [1.54, 1.807) is 6.07 Å². The van der Waals surface area contributed by atoms with Crippen molar-refractivity contribution in [2.75, 3.05) is 31.1 Å². The van der Waals surface area contributed by atoms with Crippen LogP contribution in [0.3, 0.4) is 0 Å². The molecule has 1 aliphatic carbocycles. The Morgan fingerprint density at radius 3 is 2.81 bits per heavy atom. The molecule has 0 radical (unpaired) electrons. The summed E-state index contributed by atoms with van der Waals surface area (Å²) in [4.78, 5) is 14.1. The minimum Gasteiger partial charge on any atom is -0.356 e. The van der Waals surface area contributed by atoms with E-state index in [0.717, 1.165) is 61.7 Å². The summed E-state index contributed by atoms with van der Waals surface area (Å²) in [7, 11) is 0. The molecule has 7 heteroatoms. The fourth-order valence-corrected chi connectivity index (χ4v) is 4.20. The van der Waals surface area contributed by atoms with Gasteiger partial charge in [-0.3, -0.25) is 4.90 Å². The van der Waals surface area contributed by atoms with Gasteiger partial charge >= 0.3 is 0 Å². The summed E-state index contributed by atoms with van der Waals surface area (Å²) in [5.74, 6) is 1.71. The van der Waals surface area contributed by atoms with Crippen LogP contribution in [-0.2, 0) is 19.4 Å². The van der Waals surface area contributed by atoms with E-state index in [4.69, 9.17) is 9.51 Å². The number of anilines is 1. The second-order valence-electron chi connectivity index (χ2n) is 7.41. The van der Waals surface area contributed by atoms with Crippen molar-refractivity contribution in [3.8, 4) is 0 Å². The molecule has 3 heterocycles. The predicted molar refractivity (Wildman–Crippen MR) is 100 cm³/mol. The Balaban J connectivity index is 1.29. The summed E-state index contributed by atoms with van der Waals surface area (Å²) in [5, 5.41) is 5.04. The van der Waals surface area contributed by atoms with E-state index in [-0.39, 0.29) is 5.82 Å². The molecule has 3 aromatic rings. The van der Waals surface area contributed by atoms with E-state index in [0.29, 0.717) is 12.1 Å². The summed E-state index contributed by atoms with van der Waals surface area (Å²) < 4.78 is 18.6. The van der Waals surface area contributed by atoms with Gasteiger partial charge in [-0.2, -0.15) is 0 Å². The minimum atomic E-state index is -0.300. The maximum atomic E-state index is 13.3. The van der Waals surface area contributed by atoms with Crippen LogP contribution < -0.4 is 4.90 Å². The average Bonchev–Trinajstić information content (AvgIpc) is 3.28. The predicted octanol–water partition coefficient (Wildman–Crippen LogP) is 2.88. The molecule has 140 valence electrons. The third kappa shape index (κ3) is 3.06. The Labute approximate surface area is 157 Å². The molecule has 6 nitrogen and oxygen atoms in total. The molecule has 0 spiro atoms. The van der Waals surface area contributed by atoms with Crippen molar-refractivity contribution in [1.82, 2.24) is 20.0 Å². The molecule has 5 rings (SSSR count). The third-order valence-electron chi connectivity index (χ3n) is 5.58. The highest BCUT2D eigenvalue weighted by Gasteiger charge is 2.25. The molecule has 0 unspecified atom stereocenters. The fraction of sp³-hybridized carbons (Fsp3) is 0.450. The second kappa shape index (κ2) is 6.56. The number of benzene rings is 1. The van der Waals surface area contributed by atoms with Gasteiger partial charge in [0, 0.05) is 55.4 Å². The first kappa shape index (κ1) is 16.6. The Morgan fingerprint density at radius 2 is 1.96 bits per heavy atom. The molecule has 1 fully saturated rings. The molecule has 0 amide bonds. The number of hydrogen-bond donors (Lipinski definition) is 0. The summed E-state index contributed by atoms with van der Waals surface area (Å²) in [6, 6.07) is 4.60.